The minimum Gasteiger partial charge on any atom is -0.313 e. The molecule has 0 heterocycles. The molecule has 0 radical (unpaired) electrons. The van der Waals surface area contributed by atoms with E-state index in [4.69, 9.17) is 0 Å². The maximum absolute atomic E-state index is 11.9. The molecule has 0 amide bonds. The third kappa shape index (κ3) is 4.21. The molecule has 106 valence electrons. The molecule has 2 fully saturated rings. The molecule has 2 N–H and O–H groups in total. The zero-order valence-corrected chi connectivity index (χ0v) is 12.2. The number of hydrogen-bond donors (Lipinski definition) is 2. The smallest absolute Gasteiger partial charge is 0.212 e. The number of rotatable bonds is 8. The van der Waals surface area contributed by atoms with E-state index in [0.29, 0.717) is 19.1 Å². The normalized spacial score (nSPS) is 23.4. The van der Waals surface area contributed by atoms with Crippen LogP contribution in [-0.4, -0.2) is 33.3 Å². The van der Waals surface area contributed by atoms with Gasteiger partial charge in [0.1, 0.15) is 0 Å². The Hall–Kier alpha value is -0.130. The van der Waals surface area contributed by atoms with Gasteiger partial charge in [-0.1, -0.05) is 19.8 Å². The largest absolute Gasteiger partial charge is 0.313 e. The van der Waals surface area contributed by atoms with Crippen molar-refractivity contribution in [3.63, 3.8) is 0 Å². The summed E-state index contributed by atoms with van der Waals surface area (Å²) in [5.41, 5.74) is 0.233. The van der Waals surface area contributed by atoms with Crippen molar-refractivity contribution in [1.82, 2.24) is 10.0 Å². The van der Waals surface area contributed by atoms with Gasteiger partial charge >= 0.3 is 0 Å². The zero-order valence-electron chi connectivity index (χ0n) is 11.4. The Morgan fingerprint density at radius 2 is 1.89 bits per heavy atom. The SMILES string of the molecule is CCC1(CNS(=O)(=O)CCNC2CC2)CCCC1. The maximum atomic E-state index is 11.9. The average Bonchev–Trinajstić information content (AvgIpc) is 3.04. The predicted octanol–water partition coefficient (Wildman–Crippen LogP) is 1.63. The van der Waals surface area contributed by atoms with Gasteiger partial charge in [-0.25, -0.2) is 13.1 Å². The fraction of sp³-hybridized carbons (Fsp3) is 1.00. The summed E-state index contributed by atoms with van der Waals surface area (Å²) in [7, 11) is -3.10. The molecule has 0 aromatic heterocycles. The second-order valence-corrected chi connectivity index (χ2v) is 7.86. The summed E-state index contributed by atoms with van der Waals surface area (Å²) in [6, 6.07) is 0.581. The van der Waals surface area contributed by atoms with Crippen LogP contribution >= 0.6 is 0 Å². The summed E-state index contributed by atoms with van der Waals surface area (Å²) < 4.78 is 26.6. The Morgan fingerprint density at radius 3 is 2.44 bits per heavy atom. The van der Waals surface area contributed by atoms with E-state index in [1.165, 1.54) is 38.5 Å². The topological polar surface area (TPSA) is 58.2 Å². The van der Waals surface area contributed by atoms with Crippen LogP contribution in [0.15, 0.2) is 0 Å². The van der Waals surface area contributed by atoms with Crippen LogP contribution in [0, 0.1) is 5.41 Å². The molecule has 0 aliphatic heterocycles. The molecule has 0 saturated heterocycles. The first-order chi connectivity index (χ1) is 8.55. The minimum atomic E-state index is -3.10. The van der Waals surface area contributed by atoms with Gasteiger partial charge in [0.25, 0.3) is 0 Å². The average molecular weight is 274 g/mol. The molecule has 0 aromatic carbocycles. The lowest BCUT2D eigenvalue weighted by Crippen LogP contribution is -2.39. The van der Waals surface area contributed by atoms with Crippen LogP contribution in [0.4, 0.5) is 0 Å². The molecule has 18 heavy (non-hydrogen) atoms. The summed E-state index contributed by atoms with van der Waals surface area (Å²) in [5.74, 6) is 0.212. The van der Waals surface area contributed by atoms with Crippen molar-refractivity contribution in [2.45, 2.75) is 57.9 Å². The highest BCUT2D eigenvalue weighted by Gasteiger charge is 2.33. The predicted molar refractivity (Wildman–Crippen MR) is 74.0 cm³/mol. The van der Waals surface area contributed by atoms with Crippen molar-refractivity contribution in [2.24, 2.45) is 5.41 Å². The van der Waals surface area contributed by atoms with Crippen LogP contribution < -0.4 is 10.0 Å². The monoisotopic (exact) mass is 274 g/mol. The fourth-order valence-electron chi connectivity index (χ4n) is 2.80. The summed E-state index contributed by atoms with van der Waals surface area (Å²) >= 11 is 0. The number of hydrogen-bond acceptors (Lipinski definition) is 3. The van der Waals surface area contributed by atoms with E-state index in [2.05, 4.69) is 17.0 Å². The third-order valence-electron chi connectivity index (χ3n) is 4.46. The van der Waals surface area contributed by atoms with E-state index < -0.39 is 10.0 Å². The highest BCUT2D eigenvalue weighted by atomic mass is 32.2. The van der Waals surface area contributed by atoms with Gasteiger partial charge in [0.05, 0.1) is 5.75 Å². The molecule has 0 unspecified atom stereocenters. The first kappa shape index (κ1) is 14.3. The van der Waals surface area contributed by atoms with Crippen LogP contribution in [0.3, 0.4) is 0 Å². The first-order valence-corrected chi connectivity index (χ1v) is 8.91. The highest BCUT2D eigenvalue weighted by molar-refractivity contribution is 7.89. The molecule has 5 heteroatoms. The molecule has 0 atom stereocenters. The van der Waals surface area contributed by atoms with Crippen molar-refractivity contribution < 1.29 is 8.42 Å². The van der Waals surface area contributed by atoms with Gasteiger partial charge in [-0.3, -0.25) is 0 Å². The van der Waals surface area contributed by atoms with Crippen LogP contribution in [0.5, 0.6) is 0 Å². The lowest BCUT2D eigenvalue weighted by Gasteiger charge is -2.27. The van der Waals surface area contributed by atoms with E-state index in [1.807, 2.05) is 0 Å². The maximum Gasteiger partial charge on any atom is 0.212 e. The molecular formula is C13H26N2O2S. The van der Waals surface area contributed by atoms with E-state index in [0.717, 1.165) is 6.42 Å². The standard InChI is InChI=1S/C13H26N2O2S/c1-2-13(7-3-4-8-13)11-15-18(16,17)10-9-14-12-5-6-12/h12,14-15H,2-11H2,1H3. The first-order valence-electron chi connectivity index (χ1n) is 7.26. The molecule has 2 saturated carbocycles. The molecule has 0 spiro atoms. The summed E-state index contributed by atoms with van der Waals surface area (Å²) in [6.45, 7) is 3.39. The zero-order chi connectivity index (χ0) is 13.1. The van der Waals surface area contributed by atoms with Crippen LogP contribution in [0.2, 0.25) is 0 Å². The Bertz CT molecular complexity index is 357. The minimum absolute atomic E-state index is 0.212. The van der Waals surface area contributed by atoms with Gasteiger partial charge in [-0.05, 0) is 37.5 Å². The second kappa shape index (κ2) is 5.88. The number of sulfonamides is 1. The van der Waals surface area contributed by atoms with Gasteiger partial charge in [-0.15, -0.1) is 0 Å². The van der Waals surface area contributed by atoms with Crippen LogP contribution in [0.1, 0.15) is 51.9 Å². The van der Waals surface area contributed by atoms with Gasteiger partial charge in [-0.2, -0.15) is 0 Å². The second-order valence-electron chi connectivity index (χ2n) is 5.93. The quantitative estimate of drug-likeness (QED) is 0.707. The Balaban J connectivity index is 1.72. The Kier molecular flexibility index (Phi) is 4.67. The van der Waals surface area contributed by atoms with E-state index >= 15 is 0 Å². The van der Waals surface area contributed by atoms with Crippen molar-refractivity contribution in [2.75, 3.05) is 18.8 Å². The molecule has 0 aromatic rings. The van der Waals surface area contributed by atoms with Crippen LogP contribution in [0.25, 0.3) is 0 Å². The highest BCUT2D eigenvalue weighted by Crippen LogP contribution is 2.40. The van der Waals surface area contributed by atoms with Crippen molar-refractivity contribution >= 4 is 10.0 Å². The summed E-state index contributed by atoms with van der Waals surface area (Å²) in [6.07, 6.45) is 8.32. The fourth-order valence-corrected chi connectivity index (χ4v) is 3.86. The molecule has 2 rings (SSSR count). The van der Waals surface area contributed by atoms with Gasteiger partial charge < -0.3 is 5.32 Å². The molecule has 0 bridgehead atoms. The van der Waals surface area contributed by atoms with E-state index in [9.17, 15) is 8.42 Å². The summed E-state index contributed by atoms with van der Waals surface area (Å²) in [5, 5.41) is 3.24. The molecule has 2 aliphatic carbocycles. The Morgan fingerprint density at radius 1 is 1.22 bits per heavy atom. The Labute approximate surface area is 111 Å². The van der Waals surface area contributed by atoms with Gasteiger partial charge in [0.2, 0.25) is 10.0 Å². The van der Waals surface area contributed by atoms with Crippen LogP contribution in [-0.2, 0) is 10.0 Å². The number of nitrogens with one attached hydrogen (secondary N) is 2. The van der Waals surface area contributed by atoms with Crippen molar-refractivity contribution in [1.29, 1.82) is 0 Å². The molecule has 2 aliphatic rings. The molecular weight excluding hydrogens is 248 g/mol. The molecule has 4 nitrogen and oxygen atoms in total. The lowest BCUT2D eigenvalue weighted by molar-refractivity contribution is 0.285. The van der Waals surface area contributed by atoms with Gasteiger partial charge in [0.15, 0.2) is 0 Å². The van der Waals surface area contributed by atoms with E-state index in [1.54, 1.807) is 0 Å². The van der Waals surface area contributed by atoms with Crippen molar-refractivity contribution in [3.05, 3.63) is 0 Å². The van der Waals surface area contributed by atoms with Gasteiger partial charge in [0, 0.05) is 19.1 Å². The van der Waals surface area contributed by atoms with E-state index in [-0.39, 0.29) is 11.2 Å². The lowest BCUT2D eigenvalue weighted by atomic mass is 9.84. The third-order valence-corrected chi connectivity index (χ3v) is 5.79. The van der Waals surface area contributed by atoms with Crippen molar-refractivity contribution in [3.8, 4) is 0 Å². The summed E-state index contributed by atoms with van der Waals surface area (Å²) in [4.78, 5) is 0.